The molecule has 26 heavy (non-hydrogen) atoms. The number of fused-ring (bicyclic) bond motifs is 1. The maximum atomic E-state index is 13.6. The number of aromatic nitrogens is 3. The van der Waals surface area contributed by atoms with Crippen LogP contribution in [-0.4, -0.2) is 28.4 Å². The quantitative estimate of drug-likeness (QED) is 0.755. The lowest BCUT2D eigenvalue weighted by Gasteiger charge is -2.18. The second-order valence-corrected chi connectivity index (χ2v) is 5.78. The molecule has 1 aromatic carbocycles. The van der Waals surface area contributed by atoms with Gasteiger partial charge in [-0.05, 0) is 12.1 Å². The van der Waals surface area contributed by atoms with Gasteiger partial charge in [-0.25, -0.2) is 9.97 Å². The molecule has 1 unspecified atom stereocenters. The number of halogens is 2. The van der Waals surface area contributed by atoms with Crippen molar-refractivity contribution in [2.75, 3.05) is 7.11 Å². The molecule has 0 saturated heterocycles. The highest BCUT2D eigenvalue weighted by atomic mass is 19.3. The number of para-hydroxylation sites is 1. The van der Waals surface area contributed by atoms with E-state index in [-0.39, 0.29) is 17.4 Å². The average Bonchev–Trinajstić information content (AvgIpc) is 3.25. The Morgan fingerprint density at radius 2 is 2.04 bits per heavy atom. The number of benzene rings is 1. The van der Waals surface area contributed by atoms with Crippen LogP contribution >= 0.6 is 0 Å². The molecule has 1 atom stereocenters. The van der Waals surface area contributed by atoms with Crippen LogP contribution in [0, 0.1) is 0 Å². The molecule has 8 heteroatoms. The summed E-state index contributed by atoms with van der Waals surface area (Å²) < 4.78 is 41.6. The minimum absolute atomic E-state index is 0.00983. The van der Waals surface area contributed by atoms with Crippen LogP contribution in [0.1, 0.15) is 22.9 Å². The van der Waals surface area contributed by atoms with Crippen LogP contribution in [0.25, 0.3) is 0 Å². The Bertz CT molecular complexity index is 916. The third-order valence-electron chi connectivity index (χ3n) is 4.13. The molecule has 1 N–H and O–H groups in total. The van der Waals surface area contributed by atoms with E-state index in [0.717, 1.165) is 11.4 Å². The predicted octanol–water partition coefficient (Wildman–Crippen LogP) is 3.51. The van der Waals surface area contributed by atoms with E-state index >= 15 is 0 Å². The molecule has 0 saturated carbocycles. The lowest BCUT2D eigenvalue weighted by molar-refractivity contribution is -0.287. The van der Waals surface area contributed by atoms with Gasteiger partial charge in [-0.15, -0.1) is 8.78 Å². The summed E-state index contributed by atoms with van der Waals surface area (Å²) in [6.45, 7) is 0. The first kappa shape index (κ1) is 16.3. The number of aromatic amines is 1. The van der Waals surface area contributed by atoms with Crippen LogP contribution in [-0.2, 0) is 6.42 Å². The second kappa shape index (κ2) is 6.29. The molecule has 0 radical (unpaired) electrons. The molecule has 0 bridgehead atoms. The van der Waals surface area contributed by atoms with Gasteiger partial charge in [0.1, 0.15) is 0 Å². The fraction of sp³-hybridized carbons (Fsp3) is 0.222. The maximum absolute atomic E-state index is 13.6. The monoisotopic (exact) mass is 359 g/mol. The van der Waals surface area contributed by atoms with Crippen molar-refractivity contribution in [3.8, 4) is 17.4 Å². The maximum Gasteiger partial charge on any atom is 0.586 e. The van der Waals surface area contributed by atoms with Gasteiger partial charge in [0.05, 0.1) is 13.4 Å². The molecular weight excluding hydrogens is 344 g/mol. The van der Waals surface area contributed by atoms with Gasteiger partial charge in [-0.3, -0.25) is 0 Å². The number of rotatable bonds is 5. The molecule has 2 aromatic heterocycles. The van der Waals surface area contributed by atoms with Crippen molar-refractivity contribution < 1.29 is 23.0 Å². The number of hydrogen-bond acceptors (Lipinski definition) is 5. The summed E-state index contributed by atoms with van der Waals surface area (Å²) in [5.74, 6) is 0.190. The van der Waals surface area contributed by atoms with Crippen molar-refractivity contribution >= 4 is 0 Å². The molecule has 3 aromatic rings. The number of hydrogen-bond donors (Lipinski definition) is 1. The Morgan fingerprint density at radius 1 is 1.19 bits per heavy atom. The van der Waals surface area contributed by atoms with E-state index in [9.17, 15) is 8.78 Å². The molecule has 1 aliphatic rings. The predicted molar refractivity (Wildman–Crippen MR) is 87.6 cm³/mol. The lowest BCUT2D eigenvalue weighted by Crippen LogP contribution is -2.26. The molecule has 134 valence electrons. The van der Waals surface area contributed by atoms with Crippen LogP contribution in [0.15, 0.2) is 48.9 Å². The van der Waals surface area contributed by atoms with Gasteiger partial charge in [-0.2, -0.15) is 0 Å². The van der Waals surface area contributed by atoms with E-state index in [4.69, 9.17) is 9.47 Å². The summed E-state index contributed by atoms with van der Waals surface area (Å²) in [6, 6.07) is 10.3. The first-order valence-corrected chi connectivity index (χ1v) is 7.92. The highest BCUT2D eigenvalue weighted by Gasteiger charge is 2.45. The van der Waals surface area contributed by atoms with Gasteiger partial charge >= 0.3 is 6.29 Å². The molecule has 3 heterocycles. The van der Waals surface area contributed by atoms with Crippen molar-refractivity contribution in [2.45, 2.75) is 18.6 Å². The van der Waals surface area contributed by atoms with E-state index in [0.29, 0.717) is 17.9 Å². The van der Waals surface area contributed by atoms with Gasteiger partial charge in [0, 0.05) is 41.6 Å². The number of nitrogens with zero attached hydrogens (tertiary/aromatic N) is 2. The fourth-order valence-corrected chi connectivity index (χ4v) is 3.00. The summed E-state index contributed by atoms with van der Waals surface area (Å²) >= 11 is 0. The van der Waals surface area contributed by atoms with E-state index in [2.05, 4.69) is 19.7 Å². The number of imidazole rings is 1. The van der Waals surface area contributed by atoms with Gasteiger partial charge in [0.25, 0.3) is 0 Å². The van der Waals surface area contributed by atoms with Gasteiger partial charge in [0.2, 0.25) is 5.88 Å². The van der Waals surface area contributed by atoms with Crippen LogP contribution in [0.3, 0.4) is 0 Å². The third kappa shape index (κ3) is 3.05. The first-order chi connectivity index (χ1) is 12.6. The standard InChI is InChI=1S/C18H15F2N3O3/c1-24-16-7-2-4-11(23-16)8-13(14-9-21-10-22-14)12-5-3-6-15-17(12)26-18(19,20)25-15/h2-7,9-10,13H,8H2,1H3,(H,21,22). The highest BCUT2D eigenvalue weighted by Crippen LogP contribution is 2.47. The second-order valence-electron chi connectivity index (χ2n) is 5.78. The Kier molecular flexibility index (Phi) is 3.95. The number of alkyl halides is 2. The number of pyridine rings is 1. The molecule has 6 nitrogen and oxygen atoms in total. The molecule has 4 rings (SSSR count). The summed E-state index contributed by atoms with van der Waals surface area (Å²) in [7, 11) is 1.54. The van der Waals surface area contributed by atoms with E-state index in [1.807, 2.05) is 12.1 Å². The zero-order valence-corrected chi connectivity index (χ0v) is 13.8. The van der Waals surface area contributed by atoms with Gasteiger partial charge < -0.3 is 19.2 Å². The number of ether oxygens (including phenoxy) is 3. The minimum Gasteiger partial charge on any atom is -0.481 e. The SMILES string of the molecule is COc1cccc(CC(c2cnc[nH]2)c2cccc3c2OC(F)(F)O3)n1. The van der Waals surface area contributed by atoms with Gasteiger partial charge in [0.15, 0.2) is 11.5 Å². The molecule has 0 amide bonds. The van der Waals surface area contributed by atoms with E-state index in [1.54, 1.807) is 24.4 Å². The van der Waals surface area contributed by atoms with Crippen LogP contribution in [0.2, 0.25) is 0 Å². The largest absolute Gasteiger partial charge is 0.586 e. The van der Waals surface area contributed by atoms with Crippen LogP contribution in [0.5, 0.6) is 17.4 Å². The smallest absolute Gasteiger partial charge is 0.481 e. The highest BCUT2D eigenvalue weighted by molar-refractivity contribution is 5.52. The summed E-state index contributed by atoms with van der Waals surface area (Å²) in [5.41, 5.74) is 2.06. The third-order valence-corrected chi connectivity index (χ3v) is 4.13. The van der Waals surface area contributed by atoms with Crippen LogP contribution < -0.4 is 14.2 Å². The van der Waals surface area contributed by atoms with Crippen molar-refractivity contribution in [1.29, 1.82) is 0 Å². The fourth-order valence-electron chi connectivity index (χ4n) is 3.00. The number of H-pyrrole nitrogens is 1. The molecule has 0 spiro atoms. The van der Waals surface area contributed by atoms with E-state index in [1.165, 1.54) is 19.5 Å². The Hall–Kier alpha value is -3.16. The van der Waals surface area contributed by atoms with Crippen LogP contribution in [0.4, 0.5) is 8.78 Å². The lowest BCUT2D eigenvalue weighted by atomic mass is 9.90. The number of nitrogens with one attached hydrogen (secondary N) is 1. The summed E-state index contributed by atoms with van der Waals surface area (Å²) in [6.07, 6.45) is -0.0510. The zero-order valence-electron chi connectivity index (χ0n) is 13.8. The Labute approximate surface area is 147 Å². The Balaban J connectivity index is 1.75. The zero-order chi connectivity index (χ0) is 18.1. The molecule has 0 aliphatic carbocycles. The average molecular weight is 359 g/mol. The van der Waals surface area contributed by atoms with E-state index < -0.39 is 6.29 Å². The number of methoxy groups -OCH3 is 1. The van der Waals surface area contributed by atoms with Gasteiger partial charge in [-0.1, -0.05) is 18.2 Å². The van der Waals surface area contributed by atoms with Crippen molar-refractivity contribution in [3.05, 3.63) is 65.9 Å². The molecule has 0 fully saturated rings. The normalized spacial score (nSPS) is 15.7. The molecular formula is C18H15F2N3O3. The summed E-state index contributed by atoms with van der Waals surface area (Å²) in [5, 5.41) is 0. The molecule has 1 aliphatic heterocycles. The Morgan fingerprint density at radius 3 is 2.81 bits per heavy atom. The minimum atomic E-state index is -3.68. The van der Waals surface area contributed by atoms with Crippen molar-refractivity contribution in [2.24, 2.45) is 0 Å². The van der Waals surface area contributed by atoms with Crippen molar-refractivity contribution in [1.82, 2.24) is 15.0 Å². The van der Waals surface area contributed by atoms with Crippen molar-refractivity contribution in [3.63, 3.8) is 0 Å². The topological polar surface area (TPSA) is 69.3 Å². The summed E-state index contributed by atoms with van der Waals surface area (Å²) in [4.78, 5) is 11.5. The first-order valence-electron chi connectivity index (χ1n) is 7.92.